The fraction of sp³-hybridized carbons (Fsp3) is 0.462. The molecule has 1 aromatic carbocycles. The number of amides is 1. The molecule has 0 radical (unpaired) electrons. The molecular formula is C13H17FN2O3. The van der Waals surface area contributed by atoms with Crippen LogP contribution in [0.3, 0.4) is 0 Å². The van der Waals surface area contributed by atoms with Gasteiger partial charge in [0.2, 0.25) is 0 Å². The molecule has 0 aliphatic carbocycles. The number of hydrogen-bond donors (Lipinski definition) is 3. The highest BCUT2D eigenvalue weighted by molar-refractivity contribution is 5.95. The van der Waals surface area contributed by atoms with E-state index in [1.54, 1.807) is 0 Å². The molecule has 1 amide bonds. The number of carbonyl (C=O) groups excluding carboxylic acids is 1. The first kappa shape index (κ1) is 13.8. The molecule has 0 unspecified atom stereocenters. The summed E-state index contributed by atoms with van der Waals surface area (Å²) >= 11 is 0. The van der Waals surface area contributed by atoms with Gasteiger partial charge in [0, 0.05) is 25.8 Å². The largest absolute Gasteiger partial charge is 0.508 e. The van der Waals surface area contributed by atoms with Crippen molar-refractivity contribution >= 4 is 5.91 Å². The molecule has 1 fully saturated rings. The topological polar surface area (TPSA) is 84.6 Å². The average Bonchev–Trinajstić information content (AvgIpc) is 2.39. The Bertz CT molecular complexity index is 473. The van der Waals surface area contributed by atoms with Crippen LogP contribution in [0.5, 0.6) is 5.75 Å². The van der Waals surface area contributed by atoms with Gasteiger partial charge in [0.15, 0.2) is 0 Å². The minimum absolute atomic E-state index is 0.0999. The molecule has 0 spiro atoms. The predicted molar refractivity (Wildman–Crippen MR) is 67.4 cm³/mol. The lowest BCUT2D eigenvalue weighted by atomic mass is 9.89. The molecule has 1 aliphatic rings. The molecule has 4 N–H and O–H groups in total. The average molecular weight is 268 g/mol. The Labute approximate surface area is 110 Å². The fourth-order valence-corrected chi connectivity index (χ4v) is 2.14. The second kappa shape index (κ2) is 5.54. The van der Waals surface area contributed by atoms with E-state index in [1.165, 1.54) is 12.1 Å². The van der Waals surface area contributed by atoms with Gasteiger partial charge in [0.1, 0.15) is 11.6 Å². The molecule has 1 heterocycles. The number of ether oxygens (including phenoxy) is 1. The summed E-state index contributed by atoms with van der Waals surface area (Å²) in [4.78, 5) is 12.1. The van der Waals surface area contributed by atoms with Gasteiger partial charge in [-0.15, -0.1) is 0 Å². The van der Waals surface area contributed by atoms with Crippen LogP contribution in [0.15, 0.2) is 18.2 Å². The van der Waals surface area contributed by atoms with Crippen molar-refractivity contribution in [3.05, 3.63) is 29.6 Å². The third kappa shape index (κ3) is 3.02. The Morgan fingerprint density at radius 3 is 2.74 bits per heavy atom. The smallest absolute Gasteiger partial charge is 0.254 e. The number of phenolic OH excluding ortho intramolecular Hbond substituents is 1. The summed E-state index contributed by atoms with van der Waals surface area (Å²) < 4.78 is 18.8. The molecule has 2 rings (SSSR count). The number of nitrogens with two attached hydrogens (primary N) is 1. The fourth-order valence-electron chi connectivity index (χ4n) is 2.14. The van der Waals surface area contributed by atoms with E-state index in [0.29, 0.717) is 26.1 Å². The first-order valence-corrected chi connectivity index (χ1v) is 6.15. The van der Waals surface area contributed by atoms with Crippen LogP contribution in [-0.4, -0.2) is 36.3 Å². The molecule has 1 aliphatic heterocycles. The number of carbonyl (C=O) groups is 1. The standard InChI is InChI=1S/C13H17FN2O3/c14-11-7-9(17)1-2-10(11)12(18)16-13(8-15)3-5-19-6-4-13/h1-2,7,17H,3-6,8,15H2,(H,16,18). The van der Waals surface area contributed by atoms with Gasteiger partial charge in [-0.2, -0.15) is 0 Å². The number of aromatic hydroxyl groups is 1. The van der Waals surface area contributed by atoms with Crippen molar-refractivity contribution in [3.8, 4) is 5.75 Å². The molecular weight excluding hydrogens is 251 g/mol. The van der Waals surface area contributed by atoms with Gasteiger partial charge in [-0.25, -0.2) is 4.39 Å². The third-order valence-corrected chi connectivity index (χ3v) is 3.42. The number of benzene rings is 1. The molecule has 0 atom stereocenters. The quantitative estimate of drug-likeness (QED) is 0.756. The van der Waals surface area contributed by atoms with E-state index in [9.17, 15) is 9.18 Å². The van der Waals surface area contributed by atoms with Gasteiger partial charge in [-0.3, -0.25) is 4.79 Å². The van der Waals surface area contributed by atoms with Gasteiger partial charge >= 0.3 is 0 Å². The highest BCUT2D eigenvalue weighted by atomic mass is 19.1. The van der Waals surface area contributed by atoms with E-state index in [0.717, 1.165) is 6.07 Å². The summed E-state index contributed by atoms with van der Waals surface area (Å²) in [5, 5.41) is 11.9. The monoisotopic (exact) mass is 268 g/mol. The summed E-state index contributed by atoms with van der Waals surface area (Å²) in [5.41, 5.74) is 5.08. The number of halogens is 1. The SMILES string of the molecule is NCC1(NC(=O)c2ccc(O)cc2F)CCOCC1. The molecule has 0 bridgehead atoms. The Morgan fingerprint density at radius 1 is 1.47 bits per heavy atom. The van der Waals surface area contributed by atoms with E-state index in [1.807, 2.05) is 0 Å². The summed E-state index contributed by atoms with van der Waals surface area (Å²) in [5.74, 6) is -1.49. The van der Waals surface area contributed by atoms with E-state index < -0.39 is 17.3 Å². The second-order valence-corrected chi connectivity index (χ2v) is 4.72. The van der Waals surface area contributed by atoms with Crippen molar-refractivity contribution < 1.29 is 19.0 Å². The minimum atomic E-state index is -0.753. The molecule has 5 nitrogen and oxygen atoms in total. The van der Waals surface area contributed by atoms with Gasteiger partial charge in [0.05, 0.1) is 11.1 Å². The number of phenols is 1. The van der Waals surface area contributed by atoms with E-state index >= 15 is 0 Å². The third-order valence-electron chi connectivity index (χ3n) is 3.42. The summed E-state index contributed by atoms with van der Waals surface area (Å²) in [6, 6.07) is 3.44. The maximum Gasteiger partial charge on any atom is 0.254 e. The van der Waals surface area contributed by atoms with Crippen LogP contribution in [-0.2, 0) is 4.74 Å². The normalized spacial score (nSPS) is 18.0. The van der Waals surface area contributed by atoms with Gasteiger partial charge < -0.3 is 20.9 Å². The Morgan fingerprint density at radius 2 is 2.16 bits per heavy atom. The van der Waals surface area contributed by atoms with Gasteiger partial charge in [-0.1, -0.05) is 0 Å². The Hall–Kier alpha value is -1.66. The Kier molecular flexibility index (Phi) is 4.01. The molecule has 104 valence electrons. The lowest BCUT2D eigenvalue weighted by Gasteiger charge is -2.36. The molecule has 6 heteroatoms. The highest BCUT2D eigenvalue weighted by Crippen LogP contribution is 2.21. The summed E-state index contributed by atoms with van der Waals surface area (Å²) in [6.45, 7) is 1.33. The predicted octanol–water partition coefficient (Wildman–Crippen LogP) is 0.769. The van der Waals surface area contributed by atoms with Gasteiger partial charge in [-0.05, 0) is 25.0 Å². The zero-order chi connectivity index (χ0) is 13.9. The number of nitrogens with one attached hydrogen (secondary N) is 1. The maximum absolute atomic E-state index is 13.6. The maximum atomic E-state index is 13.6. The Balaban J connectivity index is 2.15. The van der Waals surface area contributed by atoms with E-state index in [4.69, 9.17) is 15.6 Å². The van der Waals surface area contributed by atoms with E-state index in [2.05, 4.69) is 5.32 Å². The van der Waals surface area contributed by atoms with Crippen LogP contribution >= 0.6 is 0 Å². The zero-order valence-corrected chi connectivity index (χ0v) is 10.5. The van der Waals surface area contributed by atoms with Crippen LogP contribution in [0.1, 0.15) is 23.2 Å². The van der Waals surface area contributed by atoms with Crippen molar-refractivity contribution in [2.45, 2.75) is 18.4 Å². The first-order valence-electron chi connectivity index (χ1n) is 6.15. The zero-order valence-electron chi connectivity index (χ0n) is 10.5. The van der Waals surface area contributed by atoms with Crippen LogP contribution in [0, 0.1) is 5.82 Å². The summed E-state index contributed by atoms with van der Waals surface area (Å²) in [6.07, 6.45) is 1.21. The van der Waals surface area contributed by atoms with Crippen molar-refractivity contribution in [1.29, 1.82) is 0 Å². The van der Waals surface area contributed by atoms with Gasteiger partial charge in [0.25, 0.3) is 5.91 Å². The van der Waals surface area contributed by atoms with Crippen molar-refractivity contribution in [2.75, 3.05) is 19.8 Å². The molecule has 0 saturated carbocycles. The molecule has 0 aromatic heterocycles. The van der Waals surface area contributed by atoms with Crippen LogP contribution in [0.4, 0.5) is 4.39 Å². The van der Waals surface area contributed by atoms with Crippen molar-refractivity contribution in [1.82, 2.24) is 5.32 Å². The van der Waals surface area contributed by atoms with Crippen LogP contribution < -0.4 is 11.1 Å². The van der Waals surface area contributed by atoms with Crippen LogP contribution in [0.2, 0.25) is 0 Å². The molecule has 1 aromatic rings. The number of hydrogen-bond acceptors (Lipinski definition) is 4. The summed E-state index contributed by atoms with van der Waals surface area (Å²) in [7, 11) is 0. The first-order chi connectivity index (χ1) is 9.06. The van der Waals surface area contributed by atoms with Crippen molar-refractivity contribution in [3.63, 3.8) is 0 Å². The minimum Gasteiger partial charge on any atom is -0.508 e. The van der Waals surface area contributed by atoms with Crippen molar-refractivity contribution in [2.24, 2.45) is 5.73 Å². The highest BCUT2D eigenvalue weighted by Gasteiger charge is 2.33. The van der Waals surface area contributed by atoms with Crippen LogP contribution in [0.25, 0.3) is 0 Å². The molecule has 1 saturated heterocycles. The lowest BCUT2D eigenvalue weighted by Crippen LogP contribution is -2.56. The van der Waals surface area contributed by atoms with E-state index in [-0.39, 0.29) is 17.9 Å². The second-order valence-electron chi connectivity index (χ2n) is 4.72. The molecule has 19 heavy (non-hydrogen) atoms. The lowest BCUT2D eigenvalue weighted by molar-refractivity contribution is 0.0387. The number of rotatable bonds is 3.